The van der Waals surface area contributed by atoms with Gasteiger partial charge in [-0.25, -0.2) is 0 Å². The van der Waals surface area contributed by atoms with Crippen molar-refractivity contribution in [2.24, 2.45) is 5.92 Å². The van der Waals surface area contributed by atoms with Gasteiger partial charge in [0.15, 0.2) is 0 Å². The van der Waals surface area contributed by atoms with Crippen molar-refractivity contribution in [1.29, 1.82) is 0 Å². The van der Waals surface area contributed by atoms with Gasteiger partial charge in [0.1, 0.15) is 0 Å². The molecule has 0 aromatic heterocycles. The summed E-state index contributed by atoms with van der Waals surface area (Å²) in [6, 6.07) is 0. The highest BCUT2D eigenvalue weighted by Gasteiger charge is 2.09. The molecular formula is C19H52. The fraction of sp³-hybridized carbons (Fsp3) is 1.00. The first-order chi connectivity index (χ1) is 9.39. The first-order valence-corrected chi connectivity index (χ1v) is 9.39. The number of hydrogen-bond acceptors (Lipinski definition) is 0. The summed E-state index contributed by atoms with van der Waals surface area (Å²) in [6.45, 7) is 30.3. The van der Waals surface area contributed by atoms with Crippen LogP contribution in [0, 0.1) is 5.92 Å². The van der Waals surface area contributed by atoms with E-state index in [1.165, 1.54) is 19.3 Å². The molecule has 0 unspecified atom stereocenters. The normalized spacial score (nSPS) is 9.00. The monoisotopic (exact) mass is 280 g/mol. The molecule has 0 N–H and O–H groups in total. The lowest BCUT2D eigenvalue weighted by Gasteiger charge is -2.18. The average Bonchev–Trinajstić information content (AvgIpc) is 2.58. The Balaban J connectivity index is -0.0000000185. The quantitative estimate of drug-likeness (QED) is 0.415. The van der Waals surface area contributed by atoms with Gasteiger partial charge in [-0.05, 0) is 5.92 Å². The highest BCUT2D eigenvalue weighted by molar-refractivity contribution is 4.62. The van der Waals surface area contributed by atoms with E-state index in [1.54, 1.807) is 0 Å². The van der Waals surface area contributed by atoms with Crippen molar-refractivity contribution < 1.29 is 0 Å². The van der Waals surface area contributed by atoms with Crippen LogP contribution in [0.25, 0.3) is 0 Å². The van der Waals surface area contributed by atoms with Crippen molar-refractivity contribution in [3.8, 4) is 0 Å². The molecule has 0 amide bonds. The molecule has 0 spiro atoms. The third-order valence-electron chi connectivity index (χ3n) is 1.39. The van der Waals surface area contributed by atoms with Crippen molar-refractivity contribution in [2.45, 2.75) is 123 Å². The topological polar surface area (TPSA) is 0 Å². The molecule has 0 radical (unpaired) electrons. The van der Waals surface area contributed by atoms with Crippen molar-refractivity contribution in [3.05, 3.63) is 0 Å². The molecule has 0 bridgehead atoms. The maximum atomic E-state index is 2.31. The Bertz CT molecular complexity index is 27.0. The van der Waals surface area contributed by atoms with E-state index in [0.717, 1.165) is 5.92 Å². The van der Waals surface area contributed by atoms with Crippen LogP contribution in [0.4, 0.5) is 0 Å². The second kappa shape index (κ2) is 144. The van der Waals surface area contributed by atoms with Gasteiger partial charge in [-0.1, -0.05) is 123 Å². The Morgan fingerprint density at radius 1 is 0.421 bits per heavy atom. The molecule has 0 aromatic rings. The molecule has 0 heterocycles. The first kappa shape index (κ1) is 42.8. The molecule has 0 nitrogen and oxygen atoms in total. The van der Waals surface area contributed by atoms with Crippen LogP contribution in [-0.4, -0.2) is 0 Å². The summed E-state index contributed by atoms with van der Waals surface area (Å²) in [4.78, 5) is 0. The Hall–Kier alpha value is 0. The summed E-state index contributed by atoms with van der Waals surface area (Å²) in [5, 5.41) is 0. The molecule has 0 aliphatic heterocycles. The Morgan fingerprint density at radius 2 is 0.526 bits per heavy atom. The maximum absolute atomic E-state index is 2.31. The van der Waals surface area contributed by atoms with E-state index in [0.29, 0.717) is 0 Å². The van der Waals surface area contributed by atoms with E-state index in [4.69, 9.17) is 0 Å². The van der Waals surface area contributed by atoms with Crippen molar-refractivity contribution in [3.63, 3.8) is 0 Å². The lowest BCUT2D eigenvalue weighted by atomic mass is 9.88. The zero-order valence-corrected chi connectivity index (χ0v) is 17.7. The zero-order valence-electron chi connectivity index (χ0n) is 17.7. The van der Waals surface area contributed by atoms with Crippen LogP contribution < -0.4 is 0 Å². The van der Waals surface area contributed by atoms with Crippen molar-refractivity contribution in [1.82, 2.24) is 0 Å². The SMILES string of the molecule is CC.CC.CC.CC.CC.CC.CC.CC1CCC1. The predicted molar refractivity (Wildman–Crippen MR) is 102 cm³/mol. The highest BCUT2D eigenvalue weighted by Crippen LogP contribution is 2.24. The maximum Gasteiger partial charge on any atom is -0.0443 e. The van der Waals surface area contributed by atoms with Gasteiger partial charge in [0.2, 0.25) is 0 Å². The fourth-order valence-electron chi connectivity index (χ4n) is 0.612. The van der Waals surface area contributed by atoms with Gasteiger partial charge in [0.25, 0.3) is 0 Å². The summed E-state index contributed by atoms with van der Waals surface area (Å²) in [6.07, 6.45) is 4.46. The van der Waals surface area contributed by atoms with Gasteiger partial charge in [0.05, 0.1) is 0 Å². The van der Waals surface area contributed by atoms with Crippen LogP contribution >= 0.6 is 0 Å². The molecule has 128 valence electrons. The Morgan fingerprint density at radius 3 is 0.526 bits per heavy atom. The molecule has 0 aromatic carbocycles. The minimum atomic E-state index is 1.06. The minimum Gasteiger partial charge on any atom is -0.0683 e. The van der Waals surface area contributed by atoms with Crippen molar-refractivity contribution in [2.75, 3.05) is 0 Å². The van der Waals surface area contributed by atoms with Gasteiger partial charge in [-0.15, -0.1) is 0 Å². The van der Waals surface area contributed by atoms with Crippen molar-refractivity contribution >= 4 is 0 Å². The minimum absolute atomic E-state index is 1.06. The number of rotatable bonds is 0. The van der Waals surface area contributed by atoms with Crippen LogP contribution in [0.1, 0.15) is 123 Å². The molecule has 1 saturated carbocycles. The van der Waals surface area contributed by atoms with Gasteiger partial charge < -0.3 is 0 Å². The zero-order chi connectivity index (χ0) is 17.7. The van der Waals surface area contributed by atoms with Gasteiger partial charge >= 0.3 is 0 Å². The summed E-state index contributed by atoms with van der Waals surface area (Å²) in [7, 11) is 0. The van der Waals surface area contributed by atoms with E-state index in [1.807, 2.05) is 96.9 Å². The fourth-order valence-corrected chi connectivity index (χ4v) is 0.612. The summed E-state index contributed by atoms with van der Waals surface area (Å²) < 4.78 is 0. The van der Waals surface area contributed by atoms with Gasteiger partial charge in [-0.2, -0.15) is 0 Å². The Labute approximate surface area is 129 Å². The second-order valence-corrected chi connectivity index (χ2v) is 2.04. The average molecular weight is 281 g/mol. The predicted octanol–water partition coefficient (Wildman–Crippen LogP) is 8.99. The molecule has 0 saturated heterocycles. The van der Waals surface area contributed by atoms with E-state index < -0.39 is 0 Å². The van der Waals surface area contributed by atoms with Crippen LogP contribution in [-0.2, 0) is 0 Å². The molecular weight excluding hydrogens is 228 g/mol. The molecule has 1 aliphatic carbocycles. The van der Waals surface area contributed by atoms with Crippen LogP contribution in [0.2, 0.25) is 0 Å². The molecule has 1 rings (SSSR count). The smallest absolute Gasteiger partial charge is 0.0443 e. The van der Waals surface area contributed by atoms with Crippen LogP contribution in [0.3, 0.4) is 0 Å². The van der Waals surface area contributed by atoms with Crippen LogP contribution in [0.5, 0.6) is 0 Å². The van der Waals surface area contributed by atoms with E-state index in [2.05, 4.69) is 6.92 Å². The standard InChI is InChI=1S/C5H10.7C2H6/c1-5-3-2-4-5;7*1-2/h5H,2-4H2,1H3;7*1-2H3. The molecule has 19 heavy (non-hydrogen) atoms. The van der Waals surface area contributed by atoms with Gasteiger partial charge in [0, 0.05) is 0 Å². The number of hydrogen-bond donors (Lipinski definition) is 0. The first-order valence-electron chi connectivity index (χ1n) is 9.39. The summed E-state index contributed by atoms with van der Waals surface area (Å²) in [5.41, 5.74) is 0. The lowest BCUT2D eigenvalue weighted by molar-refractivity contribution is 0.346. The summed E-state index contributed by atoms with van der Waals surface area (Å²) >= 11 is 0. The lowest BCUT2D eigenvalue weighted by Crippen LogP contribution is -2.04. The third kappa shape index (κ3) is 128. The molecule has 0 heteroatoms. The summed E-state index contributed by atoms with van der Waals surface area (Å²) in [5.74, 6) is 1.06. The highest BCUT2D eigenvalue weighted by atomic mass is 14.1. The van der Waals surface area contributed by atoms with E-state index >= 15 is 0 Å². The largest absolute Gasteiger partial charge is 0.0683 e. The molecule has 1 aliphatic rings. The van der Waals surface area contributed by atoms with Crippen LogP contribution in [0.15, 0.2) is 0 Å². The second-order valence-electron chi connectivity index (χ2n) is 2.04. The van der Waals surface area contributed by atoms with Gasteiger partial charge in [-0.3, -0.25) is 0 Å². The van der Waals surface area contributed by atoms with E-state index in [-0.39, 0.29) is 0 Å². The third-order valence-corrected chi connectivity index (χ3v) is 1.39. The Kier molecular flexibility index (Phi) is 325. The molecule has 0 atom stereocenters. The molecule has 1 fully saturated rings. The van der Waals surface area contributed by atoms with E-state index in [9.17, 15) is 0 Å².